The summed E-state index contributed by atoms with van der Waals surface area (Å²) < 4.78 is 0. The lowest BCUT2D eigenvalue weighted by molar-refractivity contribution is 1.29. The first-order chi connectivity index (χ1) is 17.7. The van der Waals surface area contributed by atoms with Crippen molar-refractivity contribution in [1.82, 2.24) is 0 Å². The lowest BCUT2D eigenvalue weighted by atomic mass is 10.1. The number of benzene rings is 6. The van der Waals surface area contributed by atoms with Gasteiger partial charge in [-0.15, -0.1) is 0 Å². The molecule has 0 atom stereocenters. The van der Waals surface area contributed by atoms with Crippen molar-refractivity contribution in [1.29, 1.82) is 0 Å². The molecule has 0 fully saturated rings. The highest BCUT2D eigenvalue weighted by Gasteiger charge is 2.13. The summed E-state index contributed by atoms with van der Waals surface area (Å²) in [6.07, 6.45) is 4.34. The van der Waals surface area contributed by atoms with Crippen molar-refractivity contribution in [2.75, 3.05) is 4.90 Å². The molecule has 0 bridgehead atoms. The highest BCUT2D eigenvalue weighted by molar-refractivity contribution is 5.92. The van der Waals surface area contributed by atoms with Gasteiger partial charge < -0.3 is 4.90 Å². The zero-order valence-corrected chi connectivity index (χ0v) is 20.3. The third kappa shape index (κ3) is 4.52. The molecule has 6 aromatic rings. The molecular weight excluding hydrogens is 434 g/mol. The van der Waals surface area contributed by atoms with E-state index in [0.717, 1.165) is 17.1 Å². The molecule has 0 aliphatic carbocycles. The summed E-state index contributed by atoms with van der Waals surface area (Å²) in [6.45, 7) is 2.11. The smallest absolute Gasteiger partial charge is 0.0468 e. The second kappa shape index (κ2) is 9.56. The minimum Gasteiger partial charge on any atom is -0.310 e. The average molecular weight is 462 g/mol. The topological polar surface area (TPSA) is 3.24 Å². The number of rotatable bonds is 5. The van der Waals surface area contributed by atoms with Crippen LogP contribution in [-0.4, -0.2) is 0 Å². The first-order valence-corrected chi connectivity index (χ1v) is 12.4. The van der Waals surface area contributed by atoms with Gasteiger partial charge in [0.15, 0.2) is 0 Å². The van der Waals surface area contributed by atoms with Crippen molar-refractivity contribution >= 4 is 50.8 Å². The number of aryl methyl sites for hydroxylation is 1. The molecule has 0 heterocycles. The third-order valence-corrected chi connectivity index (χ3v) is 6.68. The molecule has 0 saturated carbocycles. The van der Waals surface area contributed by atoms with Gasteiger partial charge in [0.2, 0.25) is 0 Å². The number of fused-ring (bicyclic) bond motifs is 2. The highest BCUT2D eigenvalue weighted by Crippen LogP contribution is 2.37. The zero-order valence-electron chi connectivity index (χ0n) is 20.3. The predicted octanol–water partition coefficient (Wildman–Crippen LogP) is 9.94. The molecular formula is C35H27N. The maximum absolute atomic E-state index is 2.34. The van der Waals surface area contributed by atoms with Crippen LogP contribution in [0.3, 0.4) is 0 Å². The van der Waals surface area contributed by atoms with E-state index in [1.807, 2.05) is 0 Å². The summed E-state index contributed by atoms with van der Waals surface area (Å²) in [5.74, 6) is 0. The van der Waals surface area contributed by atoms with Crippen molar-refractivity contribution < 1.29 is 0 Å². The van der Waals surface area contributed by atoms with E-state index in [9.17, 15) is 0 Å². The SMILES string of the molecule is Cc1ccc(/C=C/c2ccc(N(c3ccc4ccccc4c3)c3ccc4ccccc4c3)cc2)cc1. The maximum atomic E-state index is 2.34. The van der Waals surface area contributed by atoms with Crippen LogP contribution in [0.1, 0.15) is 16.7 Å². The van der Waals surface area contributed by atoms with Crippen LogP contribution in [0.25, 0.3) is 33.7 Å². The lowest BCUT2D eigenvalue weighted by Crippen LogP contribution is -2.09. The Morgan fingerprint density at radius 3 is 1.33 bits per heavy atom. The monoisotopic (exact) mass is 461 g/mol. The van der Waals surface area contributed by atoms with Crippen LogP contribution in [-0.2, 0) is 0 Å². The van der Waals surface area contributed by atoms with E-state index >= 15 is 0 Å². The first kappa shape index (κ1) is 21.9. The van der Waals surface area contributed by atoms with E-state index in [-0.39, 0.29) is 0 Å². The van der Waals surface area contributed by atoms with Gasteiger partial charge in [0.05, 0.1) is 0 Å². The molecule has 0 saturated heterocycles. The van der Waals surface area contributed by atoms with Crippen LogP contribution in [0.4, 0.5) is 17.1 Å². The van der Waals surface area contributed by atoms with Gasteiger partial charge in [-0.05, 0) is 76.0 Å². The van der Waals surface area contributed by atoms with E-state index < -0.39 is 0 Å². The van der Waals surface area contributed by atoms with Gasteiger partial charge in [-0.25, -0.2) is 0 Å². The molecule has 0 aliphatic rings. The quantitative estimate of drug-likeness (QED) is 0.231. The molecule has 172 valence electrons. The molecule has 0 spiro atoms. The highest BCUT2D eigenvalue weighted by atomic mass is 15.1. The van der Waals surface area contributed by atoms with E-state index in [0.29, 0.717) is 0 Å². The van der Waals surface area contributed by atoms with Crippen molar-refractivity contribution in [2.45, 2.75) is 6.92 Å². The normalized spacial score (nSPS) is 11.4. The summed E-state index contributed by atoms with van der Waals surface area (Å²) in [5.41, 5.74) is 7.08. The molecule has 0 aromatic heterocycles. The van der Waals surface area contributed by atoms with E-state index in [2.05, 4.69) is 157 Å². The van der Waals surface area contributed by atoms with Crippen molar-refractivity contribution in [3.05, 3.63) is 150 Å². The van der Waals surface area contributed by atoms with Crippen LogP contribution in [0.2, 0.25) is 0 Å². The van der Waals surface area contributed by atoms with E-state index in [4.69, 9.17) is 0 Å². The van der Waals surface area contributed by atoms with Crippen LogP contribution >= 0.6 is 0 Å². The Balaban J connectivity index is 1.40. The molecule has 1 nitrogen and oxygen atoms in total. The molecule has 0 amide bonds. The van der Waals surface area contributed by atoms with Gasteiger partial charge in [0.1, 0.15) is 0 Å². The minimum absolute atomic E-state index is 1.13. The Hall–Kier alpha value is -4.62. The number of anilines is 3. The number of nitrogens with zero attached hydrogens (tertiary/aromatic N) is 1. The number of hydrogen-bond acceptors (Lipinski definition) is 1. The first-order valence-electron chi connectivity index (χ1n) is 12.4. The predicted molar refractivity (Wildman–Crippen MR) is 156 cm³/mol. The molecule has 0 aliphatic heterocycles. The molecule has 0 unspecified atom stereocenters. The molecule has 0 radical (unpaired) electrons. The lowest BCUT2D eigenvalue weighted by Gasteiger charge is -2.26. The summed E-state index contributed by atoms with van der Waals surface area (Å²) in [4.78, 5) is 2.34. The van der Waals surface area contributed by atoms with Crippen LogP contribution < -0.4 is 4.90 Å². The summed E-state index contributed by atoms with van der Waals surface area (Å²) in [5, 5.41) is 4.96. The average Bonchev–Trinajstić information content (AvgIpc) is 2.93. The second-order valence-corrected chi connectivity index (χ2v) is 9.23. The van der Waals surface area contributed by atoms with Gasteiger partial charge in [-0.1, -0.05) is 115 Å². The second-order valence-electron chi connectivity index (χ2n) is 9.23. The van der Waals surface area contributed by atoms with Gasteiger partial charge in [-0.2, -0.15) is 0 Å². The largest absolute Gasteiger partial charge is 0.310 e. The van der Waals surface area contributed by atoms with Crippen LogP contribution in [0.15, 0.2) is 133 Å². The van der Waals surface area contributed by atoms with Gasteiger partial charge in [0, 0.05) is 17.1 Å². The Morgan fingerprint density at radius 1 is 0.417 bits per heavy atom. The Labute approximate surface area is 212 Å². The number of hydrogen-bond donors (Lipinski definition) is 0. The van der Waals surface area contributed by atoms with Crippen molar-refractivity contribution in [2.24, 2.45) is 0 Å². The Kier molecular flexibility index (Phi) is 5.81. The fourth-order valence-corrected chi connectivity index (χ4v) is 4.68. The summed E-state index contributed by atoms with van der Waals surface area (Å²) in [6, 6.07) is 47.8. The minimum atomic E-state index is 1.13. The maximum Gasteiger partial charge on any atom is 0.0468 e. The van der Waals surface area contributed by atoms with E-state index in [1.54, 1.807) is 0 Å². The molecule has 0 N–H and O–H groups in total. The van der Waals surface area contributed by atoms with Gasteiger partial charge in [0.25, 0.3) is 0 Å². The van der Waals surface area contributed by atoms with Crippen LogP contribution in [0, 0.1) is 6.92 Å². The third-order valence-electron chi connectivity index (χ3n) is 6.68. The van der Waals surface area contributed by atoms with Gasteiger partial charge >= 0.3 is 0 Å². The van der Waals surface area contributed by atoms with Gasteiger partial charge in [-0.3, -0.25) is 0 Å². The van der Waals surface area contributed by atoms with Crippen molar-refractivity contribution in [3.8, 4) is 0 Å². The summed E-state index contributed by atoms with van der Waals surface area (Å²) in [7, 11) is 0. The zero-order chi connectivity index (χ0) is 24.3. The summed E-state index contributed by atoms with van der Waals surface area (Å²) >= 11 is 0. The Morgan fingerprint density at radius 2 is 0.833 bits per heavy atom. The standard InChI is InChI=1S/C35H27N/c1-26-10-12-27(13-11-26)14-15-28-16-20-33(21-17-28)36(34-22-18-29-6-2-4-8-31(29)24-34)35-23-19-30-7-3-5-9-32(30)25-35/h2-25H,1H3/b15-14+. The Bertz CT molecular complexity index is 1600. The fourth-order valence-electron chi connectivity index (χ4n) is 4.68. The fraction of sp³-hybridized carbons (Fsp3) is 0.0286. The molecule has 36 heavy (non-hydrogen) atoms. The van der Waals surface area contributed by atoms with Crippen LogP contribution in [0.5, 0.6) is 0 Å². The molecule has 6 rings (SSSR count). The molecule has 1 heteroatoms. The molecule has 6 aromatic carbocycles. The van der Waals surface area contributed by atoms with Crippen molar-refractivity contribution in [3.63, 3.8) is 0 Å². The van der Waals surface area contributed by atoms with E-state index in [1.165, 1.54) is 38.2 Å².